The molecule has 8 amide bonds. The number of carboxylic acids is 5. The molecule has 0 aliphatic carbocycles. The Balaban J connectivity index is 6.65. The van der Waals surface area contributed by atoms with Crippen molar-refractivity contribution in [3.8, 4) is 0 Å². The molecule has 69 heavy (non-hydrogen) atoms. The van der Waals surface area contributed by atoms with E-state index in [0.717, 1.165) is 6.92 Å². The molecule has 0 aromatic carbocycles. The maximum Gasteiger partial charge on any atom is 0.326 e. The molecule has 0 spiro atoms. The van der Waals surface area contributed by atoms with Crippen molar-refractivity contribution < 1.29 is 98.1 Å². The first-order valence-electron chi connectivity index (χ1n) is 21.3. The molecule has 0 aromatic heterocycles. The third-order valence-corrected chi connectivity index (χ3v) is 9.68. The van der Waals surface area contributed by atoms with Crippen LogP contribution in [0.4, 0.5) is 0 Å². The van der Waals surface area contributed by atoms with Gasteiger partial charge in [0, 0.05) is 12.8 Å². The number of aliphatic carboxylic acids is 5. The van der Waals surface area contributed by atoms with E-state index in [1.54, 1.807) is 19.2 Å². The second-order valence-corrected chi connectivity index (χ2v) is 16.0. The van der Waals surface area contributed by atoms with Gasteiger partial charge in [0.1, 0.15) is 48.3 Å². The quantitative estimate of drug-likeness (QED) is 0.0266. The minimum atomic E-state index is -2.18. The predicted octanol–water partition coefficient (Wildman–Crippen LogP) is -6.87. The van der Waals surface area contributed by atoms with Gasteiger partial charge >= 0.3 is 29.8 Å². The molecule has 0 unspecified atom stereocenters. The van der Waals surface area contributed by atoms with Crippen molar-refractivity contribution in [2.24, 2.45) is 17.4 Å². The van der Waals surface area contributed by atoms with Gasteiger partial charge in [-0.15, -0.1) is 0 Å². The maximum atomic E-state index is 13.7. The normalized spacial score (nSPS) is 15.3. The van der Waals surface area contributed by atoms with Crippen LogP contribution in [0.2, 0.25) is 0 Å². The monoisotopic (exact) mass is 992 g/mol. The molecule has 0 heterocycles. The van der Waals surface area contributed by atoms with Crippen LogP contribution in [-0.4, -0.2) is 186 Å². The molecule has 0 radical (unpaired) electrons. The van der Waals surface area contributed by atoms with Crippen LogP contribution in [0.15, 0.2) is 0 Å². The van der Waals surface area contributed by atoms with Crippen LogP contribution in [-0.2, 0) is 62.3 Å². The number of nitrogens with two attached hydrogens (primary N) is 2. The molecule has 390 valence electrons. The van der Waals surface area contributed by atoms with Gasteiger partial charge in [0.2, 0.25) is 47.3 Å². The Hall–Kier alpha value is -7.05. The largest absolute Gasteiger partial charge is 0.481 e. The van der Waals surface area contributed by atoms with Crippen LogP contribution < -0.4 is 54.0 Å². The van der Waals surface area contributed by atoms with Crippen LogP contribution in [0, 0.1) is 5.92 Å². The first kappa shape index (κ1) is 61.9. The zero-order valence-electron chi connectivity index (χ0n) is 38.2. The summed E-state index contributed by atoms with van der Waals surface area (Å²) in [5, 5.41) is 83.7. The SMILES string of the molecule is CC(C)[C@H](NC(=O)[C@H](C)N)C(=O)N[C@@H](CCCCN)C(=O)N[C@H](C(=O)N[C@@H](CCC(=O)O)C(=O)N[C@@H](CCC(=O)O)C(=O)N[C@@H](CC(=O)O)C(=O)N[C@@H](CO)C(=O)N[C@@H](CC(=O)O)C(=O)O)[C@@H](C)O. The van der Waals surface area contributed by atoms with E-state index in [2.05, 4.69) is 26.6 Å². The highest BCUT2D eigenvalue weighted by Gasteiger charge is 2.37. The molecule has 0 aliphatic heterocycles. The summed E-state index contributed by atoms with van der Waals surface area (Å²) >= 11 is 0. The van der Waals surface area contributed by atoms with Gasteiger partial charge in [-0.1, -0.05) is 13.8 Å². The second kappa shape index (κ2) is 31.1. The molecule has 0 aliphatic rings. The second-order valence-electron chi connectivity index (χ2n) is 16.0. The molecule has 0 fully saturated rings. The van der Waals surface area contributed by atoms with Gasteiger partial charge in [-0.2, -0.15) is 0 Å². The minimum Gasteiger partial charge on any atom is -0.481 e. The van der Waals surface area contributed by atoms with Crippen LogP contribution >= 0.6 is 0 Å². The van der Waals surface area contributed by atoms with E-state index in [4.69, 9.17) is 16.6 Å². The maximum absolute atomic E-state index is 13.7. The summed E-state index contributed by atoms with van der Waals surface area (Å²) in [6.07, 6.45) is -6.84. The van der Waals surface area contributed by atoms with Crippen molar-refractivity contribution in [1.29, 1.82) is 0 Å². The van der Waals surface area contributed by atoms with E-state index in [1.165, 1.54) is 6.92 Å². The molecule has 19 N–H and O–H groups in total. The average molecular weight is 993 g/mol. The van der Waals surface area contributed by atoms with Crippen molar-refractivity contribution >= 4 is 77.1 Å². The van der Waals surface area contributed by atoms with E-state index in [-0.39, 0.29) is 19.4 Å². The molecule has 0 saturated carbocycles. The van der Waals surface area contributed by atoms with Gasteiger partial charge in [-0.05, 0) is 58.4 Å². The minimum absolute atomic E-state index is 0.0629. The molecule has 10 atom stereocenters. The number of carbonyl (C=O) groups is 13. The number of hydrogen-bond donors (Lipinski definition) is 17. The summed E-state index contributed by atoms with van der Waals surface area (Å²) < 4.78 is 0. The zero-order chi connectivity index (χ0) is 53.3. The van der Waals surface area contributed by atoms with Gasteiger partial charge in [0.15, 0.2) is 0 Å². The molecule has 0 saturated heterocycles. The molecule has 30 nitrogen and oxygen atoms in total. The lowest BCUT2D eigenvalue weighted by atomic mass is 10.0. The molecule has 0 bridgehead atoms. The zero-order valence-corrected chi connectivity index (χ0v) is 38.2. The van der Waals surface area contributed by atoms with Crippen LogP contribution in [0.3, 0.4) is 0 Å². The predicted molar refractivity (Wildman–Crippen MR) is 231 cm³/mol. The Kier molecular flexibility index (Phi) is 27.9. The Bertz CT molecular complexity index is 1860. The number of carboxylic acid groups (broad SMARTS) is 5. The Labute approximate surface area is 393 Å². The smallest absolute Gasteiger partial charge is 0.326 e. The van der Waals surface area contributed by atoms with Crippen molar-refractivity contribution in [3.63, 3.8) is 0 Å². The average Bonchev–Trinajstić information content (AvgIpc) is 3.24. The first-order chi connectivity index (χ1) is 32.1. The summed E-state index contributed by atoms with van der Waals surface area (Å²) in [4.78, 5) is 163. The third-order valence-electron chi connectivity index (χ3n) is 9.68. The highest BCUT2D eigenvalue weighted by atomic mass is 16.4. The van der Waals surface area contributed by atoms with Gasteiger partial charge in [-0.3, -0.25) is 57.5 Å². The van der Waals surface area contributed by atoms with Crippen molar-refractivity contribution in [1.82, 2.24) is 42.5 Å². The molecular weight excluding hydrogens is 928 g/mol. The van der Waals surface area contributed by atoms with Crippen molar-refractivity contribution in [2.45, 2.75) is 146 Å². The highest BCUT2D eigenvalue weighted by molar-refractivity contribution is 5.99. The Morgan fingerprint density at radius 2 is 0.797 bits per heavy atom. The van der Waals surface area contributed by atoms with Crippen LogP contribution in [0.5, 0.6) is 0 Å². The Morgan fingerprint density at radius 3 is 1.20 bits per heavy atom. The van der Waals surface area contributed by atoms with Gasteiger partial charge in [0.05, 0.1) is 31.6 Å². The molecule has 0 rings (SSSR count). The summed E-state index contributed by atoms with van der Waals surface area (Å²) in [6.45, 7) is 4.56. The van der Waals surface area contributed by atoms with Crippen LogP contribution in [0.1, 0.15) is 85.5 Å². The van der Waals surface area contributed by atoms with E-state index < -0.39 is 189 Å². The summed E-state index contributed by atoms with van der Waals surface area (Å²) in [6, 6.07) is -15.7. The highest BCUT2D eigenvalue weighted by Crippen LogP contribution is 2.10. The fourth-order valence-corrected chi connectivity index (χ4v) is 5.88. The van der Waals surface area contributed by atoms with Gasteiger partial charge < -0.3 is 89.7 Å². The molecule has 0 aromatic rings. The van der Waals surface area contributed by atoms with E-state index in [9.17, 15) is 93.0 Å². The number of aliphatic hydroxyl groups is 2. The number of nitrogens with one attached hydrogen (secondary N) is 8. The lowest BCUT2D eigenvalue weighted by Crippen LogP contribution is -2.62. The summed E-state index contributed by atoms with van der Waals surface area (Å²) in [5.41, 5.74) is 11.2. The fraction of sp³-hybridized carbons (Fsp3) is 0.667. The van der Waals surface area contributed by atoms with E-state index in [1.807, 2.05) is 10.6 Å². The fourth-order valence-electron chi connectivity index (χ4n) is 5.88. The molecular formula is C39H64N10O20. The van der Waals surface area contributed by atoms with Crippen LogP contribution in [0.25, 0.3) is 0 Å². The lowest BCUT2D eigenvalue weighted by Gasteiger charge is -2.29. The number of aliphatic hydroxyl groups excluding tert-OH is 2. The third kappa shape index (κ3) is 24.0. The van der Waals surface area contributed by atoms with Crippen molar-refractivity contribution in [2.75, 3.05) is 13.2 Å². The number of unbranched alkanes of at least 4 members (excludes halogenated alkanes) is 1. The molecule has 30 heteroatoms. The first-order valence-corrected chi connectivity index (χ1v) is 21.3. The Morgan fingerprint density at radius 1 is 0.435 bits per heavy atom. The van der Waals surface area contributed by atoms with Gasteiger partial charge in [0.25, 0.3) is 0 Å². The number of rotatable bonds is 34. The number of amides is 8. The lowest BCUT2D eigenvalue weighted by molar-refractivity contribution is -0.147. The van der Waals surface area contributed by atoms with Crippen molar-refractivity contribution in [3.05, 3.63) is 0 Å². The summed E-state index contributed by atoms with van der Waals surface area (Å²) in [7, 11) is 0. The number of carbonyl (C=O) groups excluding carboxylic acids is 8. The standard InChI is InChI=1S/C39H64N10O20/c1-16(2)29(48-31(60)17(3)41)37(66)43-19(7-5-6-12-40)34(63)49-30(18(4)51)38(67)44-21(9-11-26(54)55)32(61)42-20(8-10-25(52)53)33(62)45-22(13-27(56)57)35(64)47-24(15-50)36(65)46-23(39(68)69)14-28(58)59/h16-24,29-30,50-51H,5-15,40-41H2,1-4H3,(H,42,61)(H,43,66)(H,44,67)(H,45,62)(H,46,65)(H,47,64)(H,48,60)(H,49,63)(H,52,53)(H,54,55)(H,56,57)(H,58,59)(H,68,69)/t17-,18+,19-,20-,21-,22-,23-,24-,29-,30-/m0/s1. The van der Waals surface area contributed by atoms with E-state index >= 15 is 0 Å². The summed E-state index contributed by atoms with van der Waals surface area (Å²) in [5.74, 6) is -18.4. The van der Waals surface area contributed by atoms with E-state index in [0.29, 0.717) is 6.42 Å². The van der Waals surface area contributed by atoms with Gasteiger partial charge in [-0.25, -0.2) is 4.79 Å². The number of hydrogen-bond acceptors (Lipinski definition) is 17. The topological polar surface area (TPSA) is 512 Å².